The van der Waals surface area contributed by atoms with Crippen LogP contribution in [0, 0.1) is 0 Å². The van der Waals surface area contributed by atoms with Gasteiger partial charge in [0, 0.05) is 32.8 Å². The van der Waals surface area contributed by atoms with Gasteiger partial charge in [-0.25, -0.2) is 4.79 Å². The number of rotatable bonds is 6. The van der Waals surface area contributed by atoms with Gasteiger partial charge in [-0.15, -0.1) is 0 Å². The SMILES string of the molecule is COCCN(C(=O)N1CCNC(=O)C1CC(=O)O)C(C)C. The van der Waals surface area contributed by atoms with Gasteiger partial charge in [-0.1, -0.05) is 0 Å². The Kier molecular flexibility index (Phi) is 6.41. The van der Waals surface area contributed by atoms with Gasteiger partial charge in [-0.2, -0.15) is 0 Å². The minimum Gasteiger partial charge on any atom is -0.481 e. The largest absolute Gasteiger partial charge is 0.481 e. The van der Waals surface area contributed by atoms with Crippen LogP contribution in [0.4, 0.5) is 4.79 Å². The molecule has 8 heteroatoms. The molecule has 3 amide bonds. The molecule has 0 radical (unpaired) electrons. The third kappa shape index (κ3) is 4.59. The number of aliphatic carboxylic acids is 1. The molecule has 8 nitrogen and oxygen atoms in total. The second kappa shape index (κ2) is 7.82. The Bertz CT molecular complexity index is 399. The molecule has 0 aromatic rings. The number of hydrogen-bond acceptors (Lipinski definition) is 4. The number of carbonyl (C=O) groups excluding carboxylic acids is 2. The van der Waals surface area contributed by atoms with E-state index in [-0.39, 0.29) is 12.1 Å². The summed E-state index contributed by atoms with van der Waals surface area (Å²) in [5.74, 6) is -1.53. The maximum atomic E-state index is 12.6. The third-order valence-corrected chi connectivity index (χ3v) is 3.35. The topological polar surface area (TPSA) is 99.2 Å². The molecule has 0 aliphatic carbocycles. The Balaban J connectivity index is 2.88. The molecule has 120 valence electrons. The summed E-state index contributed by atoms with van der Waals surface area (Å²) in [5, 5.41) is 11.5. The standard InChI is InChI=1S/C13H23N3O5/c1-9(2)15(6-7-21-3)13(20)16-5-4-14-12(19)10(16)8-11(17)18/h9-10H,4-8H2,1-3H3,(H,14,19)(H,17,18). The molecule has 0 aromatic carbocycles. The summed E-state index contributed by atoms with van der Waals surface area (Å²) in [4.78, 5) is 38.3. The van der Waals surface area contributed by atoms with Crippen LogP contribution in [0.3, 0.4) is 0 Å². The highest BCUT2D eigenvalue weighted by Gasteiger charge is 2.37. The highest BCUT2D eigenvalue weighted by atomic mass is 16.5. The van der Waals surface area contributed by atoms with Crippen molar-refractivity contribution in [1.82, 2.24) is 15.1 Å². The number of piperazine rings is 1. The van der Waals surface area contributed by atoms with Crippen molar-refractivity contribution in [3.8, 4) is 0 Å². The minimum atomic E-state index is -1.11. The van der Waals surface area contributed by atoms with Crippen LogP contribution in [-0.4, -0.2) is 78.2 Å². The number of urea groups is 1. The van der Waals surface area contributed by atoms with E-state index in [1.807, 2.05) is 13.8 Å². The van der Waals surface area contributed by atoms with Crippen LogP contribution in [0.25, 0.3) is 0 Å². The van der Waals surface area contributed by atoms with E-state index in [0.717, 1.165) is 0 Å². The van der Waals surface area contributed by atoms with E-state index in [1.54, 1.807) is 12.0 Å². The molecule has 1 unspecified atom stereocenters. The van der Waals surface area contributed by atoms with Gasteiger partial charge < -0.3 is 25.0 Å². The number of carbonyl (C=O) groups is 3. The molecule has 0 aromatic heterocycles. The van der Waals surface area contributed by atoms with Gasteiger partial charge in [-0.05, 0) is 13.8 Å². The summed E-state index contributed by atoms with van der Waals surface area (Å²) in [6, 6.07) is -1.36. The third-order valence-electron chi connectivity index (χ3n) is 3.35. The molecular formula is C13H23N3O5. The van der Waals surface area contributed by atoms with Crippen molar-refractivity contribution in [3.05, 3.63) is 0 Å². The summed E-state index contributed by atoms with van der Waals surface area (Å²) in [6.45, 7) is 5.14. The van der Waals surface area contributed by atoms with Gasteiger partial charge in [0.1, 0.15) is 6.04 Å². The molecule has 1 heterocycles. The maximum Gasteiger partial charge on any atom is 0.321 e. The summed E-state index contributed by atoms with van der Waals surface area (Å²) >= 11 is 0. The Morgan fingerprint density at radius 2 is 2.19 bits per heavy atom. The normalized spacial score (nSPS) is 18.6. The van der Waals surface area contributed by atoms with E-state index in [0.29, 0.717) is 26.2 Å². The smallest absolute Gasteiger partial charge is 0.321 e. The van der Waals surface area contributed by atoms with E-state index < -0.39 is 24.3 Å². The fraction of sp³-hybridized carbons (Fsp3) is 0.769. The fourth-order valence-electron chi connectivity index (χ4n) is 2.24. The fourth-order valence-corrected chi connectivity index (χ4v) is 2.24. The van der Waals surface area contributed by atoms with Gasteiger partial charge in [0.25, 0.3) is 0 Å². The Hall–Kier alpha value is -1.83. The van der Waals surface area contributed by atoms with E-state index in [4.69, 9.17) is 9.84 Å². The number of nitrogens with one attached hydrogen (secondary N) is 1. The van der Waals surface area contributed by atoms with Crippen LogP contribution in [0.1, 0.15) is 20.3 Å². The van der Waals surface area contributed by atoms with Crippen molar-refractivity contribution < 1.29 is 24.2 Å². The van der Waals surface area contributed by atoms with Crippen LogP contribution in [0.5, 0.6) is 0 Å². The van der Waals surface area contributed by atoms with Gasteiger partial charge in [0.05, 0.1) is 13.0 Å². The van der Waals surface area contributed by atoms with Crippen molar-refractivity contribution in [2.45, 2.75) is 32.4 Å². The molecule has 1 aliphatic heterocycles. The zero-order valence-corrected chi connectivity index (χ0v) is 12.7. The molecule has 1 aliphatic rings. The molecular weight excluding hydrogens is 278 g/mol. The second-order valence-corrected chi connectivity index (χ2v) is 5.16. The van der Waals surface area contributed by atoms with Crippen molar-refractivity contribution in [2.24, 2.45) is 0 Å². The molecule has 1 fully saturated rings. The van der Waals surface area contributed by atoms with Crippen molar-refractivity contribution in [1.29, 1.82) is 0 Å². The van der Waals surface area contributed by atoms with E-state index in [9.17, 15) is 14.4 Å². The number of ether oxygens (including phenoxy) is 1. The van der Waals surface area contributed by atoms with Crippen LogP contribution < -0.4 is 5.32 Å². The second-order valence-electron chi connectivity index (χ2n) is 5.16. The lowest BCUT2D eigenvalue weighted by Crippen LogP contribution is -2.61. The van der Waals surface area contributed by atoms with Crippen molar-refractivity contribution in [3.63, 3.8) is 0 Å². The number of nitrogens with zero attached hydrogens (tertiary/aromatic N) is 2. The minimum absolute atomic E-state index is 0.0666. The molecule has 21 heavy (non-hydrogen) atoms. The number of amides is 3. The molecule has 1 atom stereocenters. The molecule has 0 spiro atoms. The Morgan fingerprint density at radius 1 is 1.52 bits per heavy atom. The number of methoxy groups -OCH3 is 1. The Morgan fingerprint density at radius 3 is 2.71 bits per heavy atom. The lowest BCUT2D eigenvalue weighted by atomic mass is 10.1. The van der Waals surface area contributed by atoms with Crippen molar-refractivity contribution in [2.75, 3.05) is 33.4 Å². The van der Waals surface area contributed by atoms with E-state index in [2.05, 4.69) is 5.32 Å². The summed E-state index contributed by atoms with van der Waals surface area (Å²) in [5.41, 5.74) is 0. The molecule has 2 N–H and O–H groups in total. The first-order valence-electron chi connectivity index (χ1n) is 6.94. The lowest BCUT2D eigenvalue weighted by molar-refractivity contribution is -0.142. The highest BCUT2D eigenvalue weighted by molar-refractivity contribution is 5.91. The average molecular weight is 301 g/mol. The first-order valence-corrected chi connectivity index (χ1v) is 6.94. The van der Waals surface area contributed by atoms with Gasteiger partial charge in [-0.3, -0.25) is 9.59 Å². The predicted molar refractivity (Wildman–Crippen MR) is 74.9 cm³/mol. The number of carboxylic acid groups (broad SMARTS) is 1. The van der Waals surface area contributed by atoms with Crippen molar-refractivity contribution >= 4 is 17.9 Å². The summed E-state index contributed by atoms with van der Waals surface area (Å²) < 4.78 is 4.99. The van der Waals surface area contributed by atoms with Gasteiger partial charge in [0.2, 0.25) is 5.91 Å². The molecule has 0 saturated carbocycles. The zero-order valence-electron chi connectivity index (χ0n) is 12.7. The average Bonchev–Trinajstić information content (AvgIpc) is 2.40. The Labute approximate surface area is 124 Å². The highest BCUT2D eigenvalue weighted by Crippen LogP contribution is 2.14. The monoisotopic (exact) mass is 301 g/mol. The molecule has 0 bridgehead atoms. The molecule has 1 saturated heterocycles. The zero-order chi connectivity index (χ0) is 16.0. The van der Waals surface area contributed by atoms with Crippen LogP contribution in [0.2, 0.25) is 0 Å². The first kappa shape index (κ1) is 17.2. The number of carboxylic acids is 1. The lowest BCUT2D eigenvalue weighted by Gasteiger charge is -2.39. The van der Waals surface area contributed by atoms with E-state index in [1.165, 1.54) is 4.90 Å². The summed E-state index contributed by atoms with van der Waals surface area (Å²) in [7, 11) is 1.55. The molecule has 1 rings (SSSR count). The van der Waals surface area contributed by atoms with Crippen LogP contribution in [0.15, 0.2) is 0 Å². The van der Waals surface area contributed by atoms with Crippen LogP contribution >= 0.6 is 0 Å². The number of hydrogen-bond donors (Lipinski definition) is 2. The first-order chi connectivity index (χ1) is 9.88. The summed E-state index contributed by atoms with van der Waals surface area (Å²) in [6.07, 6.45) is -0.395. The predicted octanol–water partition coefficient (Wildman–Crippen LogP) is -0.262. The van der Waals surface area contributed by atoms with Gasteiger partial charge in [0.15, 0.2) is 0 Å². The van der Waals surface area contributed by atoms with Crippen LogP contribution in [-0.2, 0) is 14.3 Å². The van der Waals surface area contributed by atoms with Gasteiger partial charge >= 0.3 is 12.0 Å². The van der Waals surface area contributed by atoms with E-state index >= 15 is 0 Å². The quantitative estimate of drug-likeness (QED) is 0.704. The maximum absolute atomic E-state index is 12.6.